The molecule has 0 aliphatic heterocycles. The van der Waals surface area contributed by atoms with E-state index >= 15 is 0 Å². The van der Waals surface area contributed by atoms with Crippen molar-refractivity contribution in [2.75, 3.05) is 7.11 Å². The Bertz CT molecular complexity index is 347. The molecule has 0 spiro atoms. The third kappa shape index (κ3) is 2.20. The van der Waals surface area contributed by atoms with E-state index in [2.05, 4.69) is 20.7 Å². The molecule has 0 saturated carbocycles. The Morgan fingerprint density at radius 1 is 1.29 bits per heavy atom. The van der Waals surface area contributed by atoms with Gasteiger partial charge in [0.05, 0.1) is 12.7 Å². The number of halogens is 4. The highest BCUT2D eigenvalue weighted by Crippen LogP contribution is 2.38. The molecule has 1 nitrogen and oxygen atoms in total. The van der Waals surface area contributed by atoms with Crippen molar-refractivity contribution in [2.24, 2.45) is 0 Å². The summed E-state index contributed by atoms with van der Waals surface area (Å²) in [5.74, 6) is -0.171. The quantitative estimate of drug-likeness (QED) is 0.753. The maximum Gasteiger partial charge on any atom is 0.419 e. The fourth-order valence-electron chi connectivity index (χ4n) is 1.05. The van der Waals surface area contributed by atoms with Crippen LogP contribution >= 0.6 is 15.9 Å². The van der Waals surface area contributed by atoms with Crippen LogP contribution in [0, 0.1) is 6.92 Å². The molecule has 0 bridgehead atoms. The molecule has 5 heteroatoms. The second-order valence-corrected chi connectivity index (χ2v) is 3.65. The molecule has 0 aliphatic rings. The second-order valence-electron chi connectivity index (χ2n) is 2.80. The molecule has 0 fully saturated rings. The first-order chi connectivity index (χ1) is 6.36. The summed E-state index contributed by atoms with van der Waals surface area (Å²) in [5.41, 5.74) is -0.223. The Hall–Kier alpha value is -0.710. The predicted molar refractivity (Wildman–Crippen MR) is 50.4 cm³/mol. The highest BCUT2D eigenvalue weighted by atomic mass is 79.9. The van der Waals surface area contributed by atoms with Gasteiger partial charge in [-0.15, -0.1) is 0 Å². The van der Waals surface area contributed by atoms with Crippen molar-refractivity contribution in [3.05, 3.63) is 27.7 Å². The number of aryl methyl sites for hydroxylation is 1. The normalized spacial score (nSPS) is 11.6. The van der Waals surface area contributed by atoms with Crippen LogP contribution in [0.3, 0.4) is 0 Å². The van der Waals surface area contributed by atoms with E-state index in [1.807, 2.05) is 0 Å². The molecular weight excluding hydrogens is 261 g/mol. The Labute approximate surface area is 88.0 Å². The largest absolute Gasteiger partial charge is 0.496 e. The van der Waals surface area contributed by atoms with Gasteiger partial charge in [-0.1, -0.05) is 15.9 Å². The molecule has 0 atom stereocenters. The molecular formula is C9H8BrF3O. The number of hydrogen-bond donors (Lipinski definition) is 0. The van der Waals surface area contributed by atoms with Gasteiger partial charge in [-0.3, -0.25) is 0 Å². The van der Waals surface area contributed by atoms with Crippen LogP contribution in [0.1, 0.15) is 11.1 Å². The van der Waals surface area contributed by atoms with Crippen LogP contribution in [0.25, 0.3) is 0 Å². The van der Waals surface area contributed by atoms with E-state index in [1.165, 1.54) is 13.2 Å². The van der Waals surface area contributed by atoms with E-state index in [0.29, 0.717) is 10.0 Å². The lowest BCUT2D eigenvalue weighted by molar-refractivity contribution is -0.138. The van der Waals surface area contributed by atoms with Crippen molar-refractivity contribution < 1.29 is 17.9 Å². The van der Waals surface area contributed by atoms with Crippen molar-refractivity contribution in [1.82, 2.24) is 0 Å². The molecule has 14 heavy (non-hydrogen) atoms. The van der Waals surface area contributed by atoms with Crippen LogP contribution in [-0.2, 0) is 6.18 Å². The maximum absolute atomic E-state index is 12.5. The van der Waals surface area contributed by atoms with Gasteiger partial charge in [0.2, 0.25) is 0 Å². The van der Waals surface area contributed by atoms with Crippen molar-refractivity contribution in [2.45, 2.75) is 13.1 Å². The number of rotatable bonds is 1. The van der Waals surface area contributed by atoms with Crippen molar-refractivity contribution in [3.63, 3.8) is 0 Å². The molecule has 0 radical (unpaired) electrons. The van der Waals surface area contributed by atoms with Crippen LogP contribution in [0.5, 0.6) is 5.75 Å². The topological polar surface area (TPSA) is 9.23 Å². The Balaban J connectivity index is 3.35. The first-order valence-corrected chi connectivity index (χ1v) is 4.57. The molecule has 78 valence electrons. The molecule has 1 rings (SSSR count). The van der Waals surface area contributed by atoms with Crippen LogP contribution in [0.4, 0.5) is 13.2 Å². The summed E-state index contributed by atoms with van der Waals surface area (Å²) in [6, 6.07) is 2.38. The third-order valence-electron chi connectivity index (χ3n) is 1.79. The summed E-state index contributed by atoms with van der Waals surface area (Å²) in [7, 11) is 1.21. The smallest absolute Gasteiger partial charge is 0.419 e. The van der Waals surface area contributed by atoms with E-state index in [4.69, 9.17) is 0 Å². The fourth-order valence-corrected chi connectivity index (χ4v) is 1.38. The monoisotopic (exact) mass is 268 g/mol. The Kier molecular flexibility index (Phi) is 3.09. The van der Waals surface area contributed by atoms with Crippen LogP contribution in [-0.4, -0.2) is 7.11 Å². The van der Waals surface area contributed by atoms with Crippen molar-refractivity contribution >= 4 is 15.9 Å². The lowest BCUT2D eigenvalue weighted by atomic mass is 10.1. The average molecular weight is 269 g/mol. The number of alkyl halides is 3. The van der Waals surface area contributed by atoms with Crippen LogP contribution < -0.4 is 4.74 Å². The Morgan fingerprint density at radius 3 is 2.29 bits per heavy atom. The molecule has 1 aromatic carbocycles. The SMILES string of the molecule is COc1cc(Br)c(C)cc1C(F)(F)F. The molecule has 0 unspecified atom stereocenters. The molecule has 0 heterocycles. The minimum atomic E-state index is -4.38. The molecule has 0 amide bonds. The number of methoxy groups -OCH3 is 1. The first-order valence-electron chi connectivity index (χ1n) is 3.77. The molecule has 0 aliphatic carbocycles. The summed E-state index contributed by atoms with van der Waals surface area (Å²) < 4.78 is 42.6. The van der Waals surface area contributed by atoms with Gasteiger partial charge in [-0.25, -0.2) is 0 Å². The van der Waals surface area contributed by atoms with E-state index in [9.17, 15) is 13.2 Å². The van der Waals surface area contributed by atoms with Gasteiger partial charge in [0.15, 0.2) is 0 Å². The van der Waals surface area contributed by atoms with E-state index < -0.39 is 11.7 Å². The van der Waals surface area contributed by atoms with E-state index in [0.717, 1.165) is 6.07 Å². The minimum Gasteiger partial charge on any atom is -0.496 e. The van der Waals surface area contributed by atoms with Gasteiger partial charge in [-0.2, -0.15) is 13.2 Å². The second kappa shape index (κ2) is 3.81. The lowest BCUT2D eigenvalue weighted by Crippen LogP contribution is -2.08. The van der Waals surface area contributed by atoms with Gasteiger partial charge >= 0.3 is 6.18 Å². The third-order valence-corrected chi connectivity index (χ3v) is 2.64. The molecule has 0 saturated heterocycles. The predicted octanol–water partition coefficient (Wildman–Crippen LogP) is 3.78. The zero-order valence-electron chi connectivity index (χ0n) is 7.57. The number of benzene rings is 1. The maximum atomic E-state index is 12.5. The Morgan fingerprint density at radius 2 is 1.86 bits per heavy atom. The summed E-state index contributed by atoms with van der Waals surface area (Å²) in [6.07, 6.45) is -4.38. The molecule has 1 aromatic rings. The van der Waals surface area contributed by atoms with Gasteiger partial charge in [0.25, 0.3) is 0 Å². The summed E-state index contributed by atoms with van der Waals surface area (Å²) >= 11 is 3.14. The summed E-state index contributed by atoms with van der Waals surface area (Å²) in [5, 5.41) is 0. The minimum absolute atomic E-state index is 0.171. The average Bonchev–Trinajstić information content (AvgIpc) is 2.07. The summed E-state index contributed by atoms with van der Waals surface area (Å²) in [4.78, 5) is 0. The first kappa shape index (κ1) is 11.4. The van der Waals surface area contributed by atoms with E-state index in [1.54, 1.807) is 6.92 Å². The highest BCUT2D eigenvalue weighted by molar-refractivity contribution is 9.10. The lowest BCUT2D eigenvalue weighted by Gasteiger charge is -2.13. The van der Waals surface area contributed by atoms with Crippen molar-refractivity contribution in [3.8, 4) is 5.75 Å². The number of hydrogen-bond acceptors (Lipinski definition) is 1. The summed E-state index contributed by atoms with van der Waals surface area (Å²) in [6.45, 7) is 1.60. The zero-order valence-corrected chi connectivity index (χ0v) is 9.16. The molecule has 0 aromatic heterocycles. The van der Waals surface area contributed by atoms with E-state index in [-0.39, 0.29) is 5.75 Å². The highest BCUT2D eigenvalue weighted by Gasteiger charge is 2.34. The van der Waals surface area contributed by atoms with Gasteiger partial charge < -0.3 is 4.74 Å². The number of ether oxygens (including phenoxy) is 1. The molecule has 0 N–H and O–H groups in total. The fraction of sp³-hybridized carbons (Fsp3) is 0.333. The van der Waals surface area contributed by atoms with Gasteiger partial charge in [0.1, 0.15) is 5.75 Å². The van der Waals surface area contributed by atoms with Gasteiger partial charge in [0, 0.05) is 4.47 Å². The zero-order chi connectivity index (χ0) is 10.9. The van der Waals surface area contributed by atoms with Crippen LogP contribution in [0.2, 0.25) is 0 Å². The standard InChI is InChI=1S/C9H8BrF3O/c1-5-3-6(9(11,12)13)8(14-2)4-7(5)10/h3-4H,1-2H3. The van der Waals surface area contributed by atoms with Crippen molar-refractivity contribution in [1.29, 1.82) is 0 Å². The van der Waals surface area contributed by atoms with Crippen LogP contribution in [0.15, 0.2) is 16.6 Å². The van der Waals surface area contributed by atoms with Gasteiger partial charge in [-0.05, 0) is 24.6 Å².